The summed E-state index contributed by atoms with van der Waals surface area (Å²) in [7, 11) is 0. The van der Waals surface area contributed by atoms with Gasteiger partial charge in [-0.2, -0.15) is 0 Å². The van der Waals surface area contributed by atoms with Crippen molar-refractivity contribution in [1.82, 2.24) is 5.32 Å². The predicted molar refractivity (Wildman–Crippen MR) is 81.0 cm³/mol. The number of carbonyl (C=O) groups excluding carboxylic acids is 1. The van der Waals surface area contributed by atoms with Gasteiger partial charge in [-0.25, -0.2) is 8.78 Å². The van der Waals surface area contributed by atoms with E-state index in [1.807, 2.05) is 30.3 Å². The van der Waals surface area contributed by atoms with Gasteiger partial charge in [0.05, 0.1) is 6.04 Å². The highest BCUT2D eigenvalue weighted by molar-refractivity contribution is 5.80. The molecule has 2 atom stereocenters. The Kier molecular flexibility index (Phi) is 5.22. The van der Waals surface area contributed by atoms with Gasteiger partial charge in [0, 0.05) is 17.7 Å². The Morgan fingerprint density at radius 3 is 2.45 bits per heavy atom. The van der Waals surface area contributed by atoms with E-state index < -0.39 is 29.6 Å². The van der Waals surface area contributed by atoms with Crippen LogP contribution in [-0.4, -0.2) is 11.9 Å². The maximum absolute atomic E-state index is 13.8. The van der Waals surface area contributed by atoms with Crippen molar-refractivity contribution in [3.63, 3.8) is 0 Å². The third kappa shape index (κ3) is 4.11. The molecule has 1 amide bonds. The molecule has 0 aliphatic heterocycles. The topological polar surface area (TPSA) is 55.1 Å². The molecule has 0 aromatic heterocycles. The molecule has 2 aromatic carbocycles. The predicted octanol–water partition coefficient (Wildman–Crippen LogP) is 2.71. The van der Waals surface area contributed by atoms with E-state index in [0.717, 1.165) is 11.6 Å². The van der Waals surface area contributed by atoms with Crippen LogP contribution < -0.4 is 11.1 Å². The molecule has 0 radical (unpaired) electrons. The standard InChI is InChI=1S/C17H18F2N2O/c1-11(14-8-7-13(18)10-15(14)19)21-16(17(20)22)9-12-5-3-2-4-6-12/h2-8,10-11,16,21H,9H2,1H3,(H2,20,22)/t11-,16-/m1/s1. The smallest absolute Gasteiger partial charge is 0.234 e. The van der Waals surface area contributed by atoms with Crippen molar-refractivity contribution in [3.05, 3.63) is 71.3 Å². The van der Waals surface area contributed by atoms with Gasteiger partial charge < -0.3 is 5.73 Å². The summed E-state index contributed by atoms with van der Waals surface area (Å²) >= 11 is 0. The fourth-order valence-corrected chi connectivity index (χ4v) is 2.34. The Morgan fingerprint density at radius 1 is 1.18 bits per heavy atom. The second-order valence-corrected chi connectivity index (χ2v) is 5.20. The summed E-state index contributed by atoms with van der Waals surface area (Å²) in [6.45, 7) is 1.71. The zero-order valence-electron chi connectivity index (χ0n) is 12.2. The molecule has 5 heteroatoms. The number of amides is 1. The highest BCUT2D eigenvalue weighted by Gasteiger charge is 2.20. The molecule has 22 heavy (non-hydrogen) atoms. The zero-order chi connectivity index (χ0) is 16.1. The lowest BCUT2D eigenvalue weighted by molar-refractivity contribution is -0.120. The lowest BCUT2D eigenvalue weighted by Crippen LogP contribution is -2.44. The van der Waals surface area contributed by atoms with Crippen molar-refractivity contribution < 1.29 is 13.6 Å². The molecule has 0 saturated heterocycles. The Morgan fingerprint density at radius 2 is 1.86 bits per heavy atom. The van der Waals surface area contributed by atoms with Gasteiger partial charge >= 0.3 is 0 Å². The molecular weight excluding hydrogens is 286 g/mol. The van der Waals surface area contributed by atoms with Crippen LogP contribution in [0.4, 0.5) is 8.78 Å². The quantitative estimate of drug-likeness (QED) is 0.862. The van der Waals surface area contributed by atoms with E-state index in [-0.39, 0.29) is 0 Å². The molecule has 0 unspecified atom stereocenters. The van der Waals surface area contributed by atoms with Gasteiger partial charge in [-0.3, -0.25) is 10.1 Å². The number of benzene rings is 2. The zero-order valence-corrected chi connectivity index (χ0v) is 12.2. The van der Waals surface area contributed by atoms with Gasteiger partial charge in [0.2, 0.25) is 5.91 Å². The molecular formula is C17H18F2N2O. The molecule has 0 aliphatic carbocycles. The van der Waals surface area contributed by atoms with E-state index in [1.165, 1.54) is 12.1 Å². The molecule has 0 aliphatic rings. The van der Waals surface area contributed by atoms with E-state index in [9.17, 15) is 13.6 Å². The average Bonchev–Trinajstić information content (AvgIpc) is 2.47. The largest absolute Gasteiger partial charge is 0.368 e. The number of nitrogens with one attached hydrogen (secondary N) is 1. The molecule has 0 saturated carbocycles. The lowest BCUT2D eigenvalue weighted by Gasteiger charge is -2.22. The minimum atomic E-state index is -0.650. The fourth-order valence-electron chi connectivity index (χ4n) is 2.34. The summed E-state index contributed by atoms with van der Waals surface area (Å²) in [6.07, 6.45) is 0.406. The van der Waals surface area contributed by atoms with Gasteiger partial charge in [-0.1, -0.05) is 36.4 Å². The van der Waals surface area contributed by atoms with Gasteiger partial charge in [-0.05, 0) is 25.0 Å². The molecule has 116 valence electrons. The molecule has 3 N–H and O–H groups in total. The first-order chi connectivity index (χ1) is 10.5. The van der Waals surface area contributed by atoms with Crippen LogP contribution in [0.5, 0.6) is 0 Å². The first-order valence-corrected chi connectivity index (χ1v) is 7.01. The Labute approximate surface area is 128 Å². The molecule has 0 heterocycles. The number of hydrogen-bond donors (Lipinski definition) is 2. The average molecular weight is 304 g/mol. The molecule has 3 nitrogen and oxygen atoms in total. The summed E-state index contributed by atoms with van der Waals surface area (Å²) in [5, 5.41) is 3.00. The second kappa shape index (κ2) is 7.13. The van der Waals surface area contributed by atoms with Crippen LogP contribution in [0.15, 0.2) is 48.5 Å². The van der Waals surface area contributed by atoms with Crippen molar-refractivity contribution in [2.24, 2.45) is 5.73 Å². The van der Waals surface area contributed by atoms with E-state index >= 15 is 0 Å². The summed E-state index contributed by atoms with van der Waals surface area (Å²) in [4.78, 5) is 11.6. The van der Waals surface area contributed by atoms with Gasteiger partial charge in [0.1, 0.15) is 11.6 Å². The SMILES string of the molecule is C[C@@H](N[C@H](Cc1ccccc1)C(N)=O)c1ccc(F)cc1F. The normalized spacial score (nSPS) is 13.6. The Balaban J connectivity index is 2.12. The molecule has 2 aromatic rings. The lowest BCUT2D eigenvalue weighted by atomic mass is 10.0. The van der Waals surface area contributed by atoms with Crippen molar-refractivity contribution in [2.45, 2.75) is 25.4 Å². The molecule has 0 bridgehead atoms. The van der Waals surface area contributed by atoms with E-state index in [4.69, 9.17) is 5.73 Å². The highest BCUT2D eigenvalue weighted by atomic mass is 19.1. The molecule has 0 fully saturated rings. The van der Waals surface area contributed by atoms with Crippen LogP contribution in [0.25, 0.3) is 0 Å². The van der Waals surface area contributed by atoms with Crippen LogP contribution in [0.2, 0.25) is 0 Å². The number of nitrogens with two attached hydrogens (primary N) is 1. The number of halogens is 2. The van der Waals surface area contributed by atoms with Gasteiger partial charge in [0.25, 0.3) is 0 Å². The van der Waals surface area contributed by atoms with Crippen LogP contribution in [0.3, 0.4) is 0 Å². The van der Waals surface area contributed by atoms with Gasteiger partial charge in [0.15, 0.2) is 0 Å². The van der Waals surface area contributed by atoms with Crippen molar-refractivity contribution in [1.29, 1.82) is 0 Å². The fraction of sp³-hybridized carbons (Fsp3) is 0.235. The minimum absolute atomic E-state index is 0.292. The highest BCUT2D eigenvalue weighted by Crippen LogP contribution is 2.19. The third-order valence-electron chi connectivity index (χ3n) is 3.51. The second-order valence-electron chi connectivity index (χ2n) is 5.20. The maximum atomic E-state index is 13.8. The first kappa shape index (κ1) is 16.1. The third-order valence-corrected chi connectivity index (χ3v) is 3.51. The Hall–Kier alpha value is -2.27. The van der Waals surface area contributed by atoms with E-state index in [2.05, 4.69) is 5.32 Å². The maximum Gasteiger partial charge on any atom is 0.234 e. The van der Waals surface area contributed by atoms with Crippen molar-refractivity contribution in [2.75, 3.05) is 0 Å². The minimum Gasteiger partial charge on any atom is -0.368 e. The number of hydrogen-bond acceptors (Lipinski definition) is 2. The monoisotopic (exact) mass is 304 g/mol. The number of carbonyl (C=O) groups is 1. The van der Waals surface area contributed by atoms with Gasteiger partial charge in [-0.15, -0.1) is 0 Å². The number of primary amides is 1. The van der Waals surface area contributed by atoms with E-state index in [1.54, 1.807) is 6.92 Å². The Bertz CT molecular complexity index is 646. The summed E-state index contributed by atoms with van der Waals surface area (Å²) in [5.41, 5.74) is 6.66. The van der Waals surface area contributed by atoms with Crippen LogP contribution in [0, 0.1) is 11.6 Å². The first-order valence-electron chi connectivity index (χ1n) is 7.01. The summed E-state index contributed by atoms with van der Waals surface area (Å²) < 4.78 is 26.7. The van der Waals surface area contributed by atoms with Crippen LogP contribution in [-0.2, 0) is 11.2 Å². The summed E-state index contributed by atoms with van der Waals surface area (Å²) in [6, 6.07) is 11.7. The molecule has 2 rings (SSSR count). The number of rotatable bonds is 6. The van der Waals surface area contributed by atoms with Crippen molar-refractivity contribution >= 4 is 5.91 Å². The van der Waals surface area contributed by atoms with Crippen molar-refractivity contribution in [3.8, 4) is 0 Å². The summed E-state index contributed by atoms with van der Waals surface area (Å²) in [5.74, 6) is -1.80. The molecule has 0 spiro atoms. The van der Waals surface area contributed by atoms with Crippen LogP contribution >= 0.6 is 0 Å². The van der Waals surface area contributed by atoms with Crippen LogP contribution in [0.1, 0.15) is 24.1 Å². The van der Waals surface area contributed by atoms with E-state index in [0.29, 0.717) is 12.0 Å².